The van der Waals surface area contributed by atoms with Crippen LogP contribution in [-0.2, 0) is 0 Å². The molecule has 0 saturated heterocycles. The Kier molecular flexibility index (Phi) is 1.06. The van der Waals surface area contributed by atoms with Gasteiger partial charge < -0.3 is 0 Å². The lowest BCUT2D eigenvalue weighted by molar-refractivity contribution is 0.692. The zero-order valence-corrected chi connectivity index (χ0v) is 4.07. The highest BCUT2D eigenvalue weighted by molar-refractivity contribution is 4.63. The van der Waals surface area contributed by atoms with Gasteiger partial charge >= 0.3 is 0 Å². The lowest BCUT2D eigenvalue weighted by atomic mass is 10.8. The maximum Gasteiger partial charge on any atom is 0.0926 e. The van der Waals surface area contributed by atoms with Gasteiger partial charge in [-0.3, -0.25) is 0 Å². The summed E-state index contributed by atoms with van der Waals surface area (Å²) in [5.41, 5.74) is 0. The third-order valence-electron chi connectivity index (χ3n) is 0.668. The lowest BCUT2D eigenvalue weighted by Gasteiger charge is -1.84. The number of nitrogens with zero attached hydrogens (tertiary/aromatic N) is 3. The average molecular weight is 96.1 g/mol. The van der Waals surface area contributed by atoms with E-state index in [1.807, 2.05) is 6.92 Å². The smallest absolute Gasteiger partial charge is 0.0926 e. The van der Waals surface area contributed by atoms with Crippen molar-refractivity contribution in [2.24, 2.45) is 0 Å². The monoisotopic (exact) mass is 96.1 g/mol. The van der Waals surface area contributed by atoms with Crippen LogP contribution < -0.4 is 0 Å². The van der Waals surface area contributed by atoms with Crippen LogP contribution in [0.25, 0.3) is 0 Å². The van der Waals surface area contributed by atoms with Crippen LogP contribution >= 0.6 is 0 Å². The third kappa shape index (κ3) is 0.765. The van der Waals surface area contributed by atoms with Crippen LogP contribution in [0, 0.1) is 6.54 Å². The first-order valence-corrected chi connectivity index (χ1v) is 2.09. The van der Waals surface area contributed by atoms with Gasteiger partial charge in [0.05, 0.1) is 18.9 Å². The fourth-order valence-corrected chi connectivity index (χ4v) is 0.359. The molecule has 1 aromatic heterocycles. The molecule has 3 nitrogen and oxygen atoms in total. The predicted octanol–water partition coefficient (Wildman–Crippen LogP) is 0.308. The summed E-state index contributed by atoms with van der Waals surface area (Å²) in [6.07, 6.45) is 3.28. The van der Waals surface area contributed by atoms with Crippen molar-refractivity contribution in [3.05, 3.63) is 18.9 Å². The van der Waals surface area contributed by atoms with Crippen LogP contribution in [0.2, 0.25) is 0 Å². The number of aromatic nitrogens is 3. The Morgan fingerprint density at radius 1 is 1.43 bits per heavy atom. The molecule has 0 fully saturated rings. The van der Waals surface area contributed by atoms with E-state index in [0.29, 0.717) is 0 Å². The van der Waals surface area contributed by atoms with Gasteiger partial charge in [0, 0.05) is 0 Å². The molecule has 0 aliphatic heterocycles. The molecule has 0 aliphatic rings. The second kappa shape index (κ2) is 1.73. The van der Waals surface area contributed by atoms with Crippen molar-refractivity contribution in [1.29, 1.82) is 0 Å². The molecule has 0 saturated carbocycles. The Bertz CT molecular complexity index is 121. The molecular weight excluding hydrogens is 90.1 g/mol. The van der Waals surface area contributed by atoms with Gasteiger partial charge in [0.1, 0.15) is 0 Å². The van der Waals surface area contributed by atoms with E-state index in [1.165, 1.54) is 4.80 Å². The van der Waals surface area contributed by atoms with Crippen molar-refractivity contribution in [1.82, 2.24) is 15.0 Å². The summed E-state index contributed by atoms with van der Waals surface area (Å²) in [5, 5.41) is 7.57. The quantitative estimate of drug-likeness (QED) is 0.503. The average Bonchev–Trinajstić information content (AvgIpc) is 2.14. The van der Waals surface area contributed by atoms with E-state index in [2.05, 4.69) is 10.2 Å². The van der Waals surface area contributed by atoms with Crippen LogP contribution in [0.1, 0.15) is 6.92 Å². The zero-order chi connectivity index (χ0) is 5.11. The van der Waals surface area contributed by atoms with E-state index < -0.39 is 0 Å². The van der Waals surface area contributed by atoms with Gasteiger partial charge in [-0.1, -0.05) is 0 Å². The van der Waals surface area contributed by atoms with Crippen LogP contribution in [0.15, 0.2) is 12.4 Å². The molecule has 0 atom stereocenters. The third-order valence-corrected chi connectivity index (χ3v) is 0.668. The van der Waals surface area contributed by atoms with Crippen LogP contribution in [-0.4, -0.2) is 15.0 Å². The molecule has 0 bridgehead atoms. The van der Waals surface area contributed by atoms with Crippen molar-refractivity contribution in [2.45, 2.75) is 6.92 Å². The molecule has 7 heavy (non-hydrogen) atoms. The molecular formula is C4H6N3. The molecule has 0 amide bonds. The molecule has 0 aliphatic carbocycles. The highest BCUT2D eigenvalue weighted by atomic mass is 15.5. The summed E-state index contributed by atoms with van der Waals surface area (Å²) in [5.74, 6) is 0. The standard InChI is InChI=1S/C4H6N3/c1-2-7-5-3-4-6-7/h2-4H,1H3. The summed E-state index contributed by atoms with van der Waals surface area (Å²) in [4.78, 5) is 1.50. The minimum Gasteiger partial charge on any atom is -0.180 e. The molecule has 0 unspecified atom stereocenters. The molecule has 1 radical (unpaired) electrons. The van der Waals surface area contributed by atoms with Crippen LogP contribution in [0.4, 0.5) is 0 Å². The predicted molar refractivity (Wildman–Crippen MR) is 25.4 cm³/mol. The molecule has 0 spiro atoms. The van der Waals surface area contributed by atoms with E-state index >= 15 is 0 Å². The fourth-order valence-electron chi connectivity index (χ4n) is 0.359. The van der Waals surface area contributed by atoms with Gasteiger partial charge in [-0.2, -0.15) is 15.0 Å². The second-order valence-corrected chi connectivity index (χ2v) is 1.11. The molecule has 3 heteroatoms. The van der Waals surface area contributed by atoms with Crippen molar-refractivity contribution < 1.29 is 0 Å². The minimum atomic E-state index is 1.50. The van der Waals surface area contributed by atoms with Crippen LogP contribution in [0.3, 0.4) is 0 Å². The van der Waals surface area contributed by atoms with Crippen molar-refractivity contribution in [3.63, 3.8) is 0 Å². The van der Waals surface area contributed by atoms with E-state index in [0.717, 1.165) is 0 Å². The highest BCUT2D eigenvalue weighted by Crippen LogP contribution is 1.75. The van der Waals surface area contributed by atoms with Gasteiger partial charge in [0.15, 0.2) is 0 Å². The van der Waals surface area contributed by atoms with E-state index in [4.69, 9.17) is 0 Å². The van der Waals surface area contributed by atoms with E-state index in [9.17, 15) is 0 Å². The van der Waals surface area contributed by atoms with Crippen molar-refractivity contribution >= 4 is 0 Å². The second-order valence-electron chi connectivity index (χ2n) is 1.11. The van der Waals surface area contributed by atoms with Gasteiger partial charge in [-0.05, 0) is 6.92 Å². The minimum absolute atomic E-state index is 1.50. The lowest BCUT2D eigenvalue weighted by Crippen LogP contribution is -1.94. The van der Waals surface area contributed by atoms with Gasteiger partial charge in [-0.25, -0.2) is 0 Å². The van der Waals surface area contributed by atoms with Gasteiger partial charge in [-0.15, -0.1) is 0 Å². The zero-order valence-electron chi connectivity index (χ0n) is 4.07. The maximum absolute atomic E-state index is 3.78. The van der Waals surface area contributed by atoms with E-state index in [-0.39, 0.29) is 0 Å². The number of rotatable bonds is 1. The summed E-state index contributed by atoms with van der Waals surface area (Å²) in [7, 11) is 0. The number of hydrogen-bond acceptors (Lipinski definition) is 2. The Balaban J connectivity index is 2.76. The molecule has 1 heterocycles. The van der Waals surface area contributed by atoms with E-state index in [1.54, 1.807) is 18.9 Å². The topological polar surface area (TPSA) is 30.7 Å². The first-order chi connectivity index (χ1) is 3.43. The van der Waals surface area contributed by atoms with Gasteiger partial charge in [0.25, 0.3) is 0 Å². The van der Waals surface area contributed by atoms with Gasteiger partial charge in [0.2, 0.25) is 0 Å². The molecule has 1 rings (SSSR count). The highest BCUT2D eigenvalue weighted by Gasteiger charge is 1.79. The molecule has 1 aromatic rings. The summed E-state index contributed by atoms with van der Waals surface area (Å²) in [6.45, 7) is 3.65. The van der Waals surface area contributed by atoms with Crippen LogP contribution in [0.5, 0.6) is 0 Å². The fraction of sp³-hybridized carbons (Fsp3) is 0.250. The summed E-state index contributed by atoms with van der Waals surface area (Å²) >= 11 is 0. The molecule has 37 valence electrons. The Morgan fingerprint density at radius 3 is 2.29 bits per heavy atom. The Labute approximate surface area is 42.0 Å². The first kappa shape index (κ1) is 4.30. The maximum atomic E-state index is 3.78. The normalized spacial score (nSPS) is 9.29. The Hall–Kier alpha value is -0.860. The molecule has 0 aromatic carbocycles. The SMILES string of the molecule is C[CH]n1nccn1. The molecule has 0 N–H and O–H groups in total. The van der Waals surface area contributed by atoms with Crippen molar-refractivity contribution in [2.75, 3.05) is 0 Å². The van der Waals surface area contributed by atoms with Crippen molar-refractivity contribution in [3.8, 4) is 0 Å². The first-order valence-electron chi connectivity index (χ1n) is 2.09. The summed E-state index contributed by atoms with van der Waals surface area (Å²) in [6, 6.07) is 0. The Morgan fingerprint density at radius 2 is 2.00 bits per heavy atom. The largest absolute Gasteiger partial charge is 0.180 e. The summed E-state index contributed by atoms with van der Waals surface area (Å²) < 4.78 is 0. The number of hydrogen-bond donors (Lipinski definition) is 0.